The molecule has 13 heteroatoms. The van der Waals surface area contributed by atoms with E-state index in [1.165, 1.54) is 34.4 Å². The molecular formula is C24H25F4N3O4S2. The highest BCUT2D eigenvalue weighted by atomic mass is 32.2. The van der Waals surface area contributed by atoms with Gasteiger partial charge in [-0.05, 0) is 50.5 Å². The van der Waals surface area contributed by atoms with Gasteiger partial charge in [-0.2, -0.15) is 8.78 Å². The van der Waals surface area contributed by atoms with Gasteiger partial charge in [-0.3, -0.25) is 4.79 Å². The van der Waals surface area contributed by atoms with Crippen LogP contribution >= 0.6 is 11.3 Å². The van der Waals surface area contributed by atoms with Gasteiger partial charge in [0.1, 0.15) is 5.75 Å². The summed E-state index contributed by atoms with van der Waals surface area (Å²) in [5.41, 5.74) is 0.911. The Labute approximate surface area is 217 Å². The first-order chi connectivity index (χ1) is 17.4. The lowest BCUT2D eigenvalue weighted by Gasteiger charge is -2.38. The minimum Gasteiger partial charge on any atom is -0.434 e. The number of likely N-dealkylation sites (tertiary alicyclic amines) is 1. The van der Waals surface area contributed by atoms with Gasteiger partial charge in [0, 0.05) is 25.6 Å². The lowest BCUT2D eigenvalue weighted by atomic mass is 9.86. The summed E-state index contributed by atoms with van der Waals surface area (Å²) in [5, 5.41) is 10.6. The Morgan fingerprint density at radius 2 is 2.03 bits per heavy atom. The average Bonchev–Trinajstić information content (AvgIpc) is 3.31. The van der Waals surface area contributed by atoms with E-state index in [4.69, 9.17) is 0 Å². The van der Waals surface area contributed by atoms with Crippen LogP contribution in [0.5, 0.6) is 5.75 Å². The molecule has 4 rings (SSSR count). The van der Waals surface area contributed by atoms with E-state index in [-0.39, 0.29) is 43.6 Å². The molecule has 200 valence electrons. The third kappa shape index (κ3) is 6.76. The first kappa shape index (κ1) is 27.3. The van der Waals surface area contributed by atoms with Crippen LogP contribution in [0, 0.1) is 0 Å². The molecule has 2 aromatic carbocycles. The van der Waals surface area contributed by atoms with Crippen molar-refractivity contribution < 1.29 is 36.4 Å². The number of aliphatic hydroxyl groups is 1. The van der Waals surface area contributed by atoms with Crippen molar-refractivity contribution in [2.24, 2.45) is 0 Å². The van der Waals surface area contributed by atoms with Crippen molar-refractivity contribution in [3.8, 4) is 5.75 Å². The second kappa shape index (κ2) is 10.9. The number of nitrogens with zero attached hydrogens (tertiary/aromatic N) is 2. The van der Waals surface area contributed by atoms with Gasteiger partial charge < -0.3 is 19.5 Å². The molecular weight excluding hydrogens is 534 g/mol. The van der Waals surface area contributed by atoms with E-state index in [1.807, 2.05) is 6.07 Å². The number of benzene rings is 2. The van der Waals surface area contributed by atoms with Gasteiger partial charge in [0.05, 0.1) is 37.5 Å². The van der Waals surface area contributed by atoms with Crippen LogP contribution in [0.3, 0.4) is 0 Å². The normalized spacial score (nSPS) is 16.7. The van der Waals surface area contributed by atoms with Crippen molar-refractivity contribution in [1.82, 2.24) is 9.88 Å². The van der Waals surface area contributed by atoms with E-state index in [0.29, 0.717) is 10.4 Å². The number of hydrogen-bond donors (Lipinski definition) is 2. The van der Waals surface area contributed by atoms with Gasteiger partial charge in [0.25, 0.3) is 5.91 Å². The summed E-state index contributed by atoms with van der Waals surface area (Å²) >= 11 is 1.39. The summed E-state index contributed by atoms with van der Waals surface area (Å²) in [6.07, 6.45) is -0.414. The number of halogens is 4. The molecule has 3 aromatic rings. The zero-order valence-electron chi connectivity index (χ0n) is 19.8. The lowest BCUT2D eigenvalue weighted by molar-refractivity contribution is -0.0577. The summed E-state index contributed by atoms with van der Waals surface area (Å²) in [6.45, 7) is -2.29. The molecule has 37 heavy (non-hydrogen) atoms. The topological polar surface area (TPSA) is 91.8 Å². The molecule has 1 atom stereocenters. The number of ether oxygens (including phenoxy) is 1. The Morgan fingerprint density at radius 3 is 2.70 bits per heavy atom. The number of anilines is 1. The Balaban J connectivity index is 1.48. The van der Waals surface area contributed by atoms with E-state index < -0.39 is 47.2 Å². The monoisotopic (exact) mass is 559 g/mol. The Morgan fingerprint density at radius 1 is 1.30 bits per heavy atom. The maximum Gasteiger partial charge on any atom is 0.387 e. The molecule has 1 aliphatic heterocycles. The van der Waals surface area contributed by atoms with Gasteiger partial charge >= 0.3 is 6.61 Å². The molecule has 1 unspecified atom stereocenters. The van der Waals surface area contributed by atoms with E-state index in [1.54, 1.807) is 17.6 Å². The van der Waals surface area contributed by atoms with Crippen LogP contribution in [0.15, 0.2) is 46.8 Å². The van der Waals surface area contributed by atoms with Gasteiger partial charge in [0.2, 0.25) is 5.92 Å². The molecule has 0 radical (unpaired) electrons. The number of nitrogens with one attached hydrogen (secondary N) is 1. The van der Waals surface area contributed by atoms with Crippen LogP contribution < -0.4 is 9.46 Å². The molecule has 1 aliphatic rings. The van der Waals surface area contributed by atoms with Crippen LogP contribution in [0.25, 0.3) is 10.2 Å². The van der Waals surface area contributed by atoms with Crippen LogP contribution in [0.1, 0.15) is 43.0 Å². The zero-order valence-corrected chi connectivity index (χ0v) is 21.4. The van der Waals surface area contributed by atoms with E-state index in [9.17, 15) is 31.7 Å². The summed E-state index contributed by atoms with van der Waals surface area (Å²) < 4.78 is 73.8. The third-order valence-corrected chi connectivity index (χ3v) is 8.12. The Hall–Kier alpha value is -2.77. The van der Waals surface area contributed by atoms with Crippen molar-refractivity contribution >= 4 is 44.1 Å². The quantitative estimate of drug-likeness (QED) is 0.341. The number of piperidine rings is 1. The number of rotatable bonds is 9. The lowest BCUT2D eigenvalue weighted by Crippen LogP contribution is -2.47. The van der Waals surface area contributed by atoms with Crippen LogP contribution in [-0.2, 0) is 11.0 Å². The summed E-state index contributed by atoms with van der Waals surface area (Å²) in [7, 11) is -1.77. The van der Waals surface area contributed by atoms with E-state index in [2.05, 4.69) is 14.4 Å². The smallest absolute Gasteiger partial charge is 0.387 e. The third-order valence-electron chi connectivity index (χ3n) is 6.17. The minimum atomic E-state index is -3.21. The van der Waals surface area contributed by atoms with E-state index in [0.717, 1.165) is 11.6 Å². The maximum atomic E-state index is 13.2. The van der Waals surface area contributed by atoms with Gasteiger partial charge in [-0.25, -0.2) is 18.0 Å². The van der Waals surface area contributed by atoms with Crippen molar-refractivity contribution in [2.75, 3.05) is 17.8 Å². The molecule has 0 saturated carbocycles. The summed E-state index contributed by atoms with van der Waals surface area (Å²) in [5.74, 6) is -3.91. The minimum absolute atomic E-state index is 0.0698. The molecule has 0 aliphatic carbocycles. The van der Waals surface area contributed by atoms with Crippen LogP contribution in [-0.4, -0.2) is 56.3 Å². The highest BCUT2D eigenvalue weighted by molar-refractivity contribution is 7.86. The fourth-order valence-corrected chi connectivity index (χ4v) is 5.89. The van der Waals surface area contributed by atoms with Crippen LogP contribution in [0.4, 0.5) is 23.2 Å². The second-order valence-corrected chi connectivity index (χ2v) is 11.1. The fraction of sp³-hybridized carbons (Fsp3) is 0.417. The molecule has 7 nitrogen and oxygen atoms in total. The second-order valence-electron chi connectivity index (χ2n) is 9.00. The molecule has 1 fully saturated rings. The SMILES string of the molecule is CC(F)(F)CCC1(O)CCN(C(=O)c2ccc(NS(=O)c3cccc4scnc34)cc2OC(F)F)CC1. The highest BCUT2D eigenvalue weighted by Crippen LogP contribution is 2.34. The Bertz CT molecular complexity index is 1290. The van der Waals surface area contributed by atoms with Gasteiger partial charge in [-0.1, -0.05) is 6.07 Å². The molecule has 2 N–H and O–H groups in total. The first-order valence-corrected chi connectivity index (χ1v) is 13.5. The molecule has 0 spiro atoms. The van der Waals surface area contributed by atoms with Crippen LogP contribution in [0.2, 0.25) is 0 Å². The zero-order chi connectivity index (χ0) is 26.8. The van der Waals surface area contributed by atoms with Crippen molar-refractivity contribution in [2.45, 2.75) is 55.6 Å². The fourth-order valence-electron chi connectivity index (χ4n) is 4.13. The number of carbonyl (C=O) groups is 1. The number of amides is 1. The maximum absolute atomic E-state index is 13.2. The van der Waals surface area contributed by atoms with E-state index >= 15 is 0 Å². The predicted molar refractivity (Wildman–Crippen MR) is 133 cm³/mol. The number of thiazole rings is 1. The summed E-state index contributed by atoms with van der Waals surface area (Å²) in [6, 6.07) is 9.09. The molecule has 1 amide bonds. The highest BCUT2D eigenvalue weighted by Gasteiger charge is 2.37. The van der Waals surface area contributed by atoms with Crippen molar-refractivity contribution in [3.63, 3.8) is 0 Å². The largest absolute Gasteiger partial charge is 0.434 e. The first-order valence-electron chi connectivity index (χ1n) is 11.4. The molecule has 1 aromatic heterocycles. The Kier molecular flexibility index (Phi) is 8.05. The molecule has 0 bridgehead atoms. The molecule has 1 saturated heterocycles. The van der Waals surface area contributed by atoms with Gasteiger partial charge in [-0.15, -0.1) is 11.3 Å². The number of fused-ring (bicyclic) bond motifs is 1. The standard InChI is InChI=1S/C24H25F4N3O4S2/c1-23(27,28)7-8-24(33)9-11-31(12-10-24)21(32)16-6-5-15(13-17(16)35-22(25)26)30-37(34)19-4-2-3-18-20(19)29-14-36-18/h2-6,13-14,22,30,33H,7-12H2,1H3. The average molecular weight is 560 g/mol. The number of alkyl halides is 4. The molecule has 2 heterocycles. The summed E-state index contributed by atoms with van der Waals surface area (Å²) in [4.78, 5) is 19.1. The van der Waals surface area contributed by atoms with Gasteiger partial charge in [0.15, 0.2) is 11.0 Å². The van der Waals surface area contributed by atoms with Crippen molar-refractivity contribution in [1.29, 1.82) is 0 Å². The predicted octanol–water partition coefficient (Wildman–Crippen LogP) is 5.43. The number of para-hydroxylation sites is 1. The van der Waals surface area contributed by atoms with Crippen molar-refractivity contribution in [3.05, 3.63) is 47.5 Å². The number of aromatic nitrogens is 1. The number of hydrogen-bond acceptors (Lipinski definition) is 6. The number of carbonyl (C=O) groups excluding carboxylic acids is 1.